The average molecular weight is 445 g/mol. The number of ether oxygens (including phenoxy) is 3. The van der Waals surface area contributed by atoms with Crippen LogP contribution in [0.15, 0.2) is 47.4 Å². The van der Waals surface area contributed by atoms with Gasteiger partial charge in [-0.05, 0) is 49.4 Å². The summed E-state index contributed by atoms with van der Waals surface area (Å²) >= 11 is 4.43. The number of carbonyl (C=O) groups is 1. The van der Waals surface area contributed by atoms with Crippen molar-refractivity contribution in [1.82, 2.24) is 4.90 Å². The van der Waals surface area contributed by atoms with Gasteiger partial charge in [0.1, 0.15) is 24.2 Å². The summed E-state index contributed by atoms with van der Waals surface area (Å²) in [5.41, 5.74) is 1.89. The zero-order valence-corrected chi connectivity index (χ0v) is 18.7. The van der Waals surface area contributed by atoms with Crippen LogP contribution in [0.25, 0.3) is 0 Å². The number of amides is 1. The first-order valence-electron chi connectivity index (χ1n) is 10.4. The van der Waals surface area contributed by atoms with E-state index in [4.69, 9.17) is 14.2 Å². The number of phenolic OH excluding ortho intramolecular Hbond substituents is 1. The number of piperazine rings is 1. The number of hydrogen-bond donors (Lipinski definition) is 2. The number of thiol groups is 1. The summed E-state index contributed by atoms with van der Waals surface area (Å²) in [5.74, 6) is 0.126. The molecule has 2 atom stereocenters. The van der Waals surface area contributed by atoms with Crippen LogP contribution in [0.1, 0.15) is 19.4 Å². The minimum atomic E-state index is -0.926. The van der Waals surface area contributed by atoms with Crippen LogP contribution in [-0.4, -0.2) is 61.4 Å². The number of anilines is 1. The highest BCUT2D eigenvalue weighted by molar-refractivity contribution is 7.80. The molecule has 1 amide bonds. The van der Waals surface area contributed by atoms with Crippen LogP contribution in [0.2, 0.25) is 0 Å². The summed E-state index contributed by atoms with van der Waals surface area (Å²) < 4.78 is 17.9. The zero-order chi connectivity index (χ0) is 22.0. The third-order valence-electron chi connectivity index (χ3n) is 5.77. The largest absolute Gasteiger partial charge is 0.508 e. The fourth-order valence-electron chi connectivity index (χ4n) is 3.99. The topological polar surface area (TPSA) is 71.5 Å². The summed E-state index contributed by atoms with van der Waals surface area (Å²) in [5, 5.41) is 9.59. The van der Waals surface area contributed by atoms with Crippen molar-refractivity contribution in [2.24, 2.45) is 0 Å². The Kier molecular flexibility index (Phi) is 6.31. The van der Waals surface area contributed by atoms with E-state index in [1.807, 2.05) is 36.1 Å². The lowest BCUT2D eigenvalue weighted by Gasteiger charge is -2.35. The lowest BCUT2D eigenvalue weighted by molar-refractivity contribution is -0.166. The van der Waals surface area contributed by atoms with E-state index in [0.29, 0.717) is 18.1 Å². The molecule has 0 bridgehead atoms. The van der Waals surface area contributed by atoms with Gasteiger partial charge in [-0.15, -0.1) is 12.6 Å². The summed E-state index contributed by atoms with van der Waals surface area (Å²) in [6.07, 6.45) is -0.217. The van der Waals surface area contributed by atoms with Gasteiger partial charge in [-0.3, -0.25) is 4.79 Å². The Balaban J connectivity index is 1.30. The highest BCUT2D eigenvalue weighted by atomic mass is 32.1. The van der Waals surface area contributed by atoms with Crippen LogP contribution in [0.5, 0.6) is 11.5 Å². The van der Waals surface area contributed by atoms with Crippen LogP contribution >= 0.6 is 12.6 Å². The monoisotopic (exact) mass is 444 g/mol. The van der Waals surface area contributed by atoms with Crippen molar-refractivity contribution in [2.75, 3.05) is 44.3 Å². The van der Waals surface area contributed by atoms with Gasteiger partial charge in [0.15, 0.2) is 5.79 Å². The summed E-state index contributed by atoms with van der Waals surface area (Å²) in [6.45, 7) is 7.40. The van der Waals surface area contributed by atoms with E-state index in [0.717, 1.165) is 43.2 Å². The summed E-state index contributed by atoms with van der Waals surface area (Å²) in [7, 11) is 0. The fraction of sp³-hybridized carbons (Fsp3) is 0.435. The van der Waals surface area contributed by atoms with Gasteiger partial charge >= 0.3 is 0 Å². The first kappa shape index (κ1) is 21.8. The predicted octanol–water partition coefficient (Wildman–Crippen LogP) is 3.02. The molecule has 7 nitrogen and oxygen atoms in total. The predicted molar refractivity (Wildman–Crippen MR) is 120 cm³/mol. The minimum Gasteiger partial charge on any atom is -0.508 e. The molecule has 2 aromatic carbocycles. The lowest BCUT2D eigenvalue weighted by atomic mass is 10.1. The van der Waals surface area contributed by atoms with Gasteiger partial charge in [0, 0.05) is 49.2 Å². The third-order valence-corrected chi connectivity index (χ3v) is 6.14. The molecule has 2 aliphatic heterocycles. The number of phenols is 1. The summed E-state index contributed by atoms with van der Waals surface area (Å²) in [6, 6.07) is 12.9. The average Bonchev–Trinajstić information content (AvgIpc) is 3.14. The van der Waals surface area contributed by atoms with E-state index in [2.05, 4.69) is 17.5 Å². The molecule has 166 valence electrons. The van der Waals surface area contributed by atoms with Crippen molar-refractivity contribution in [3.8, 4) is 11.5 Å². The van der Waals surface area contributed by atoms with E-state index < -0.39 is 5.79 Å². The fourth-order valence-corrected chi connectivity index (χ4v) is 4.40. The number of rotatable bonds is 5. The molecule has 2 saturated heterocycles. The van der Waals surface area contributed by atoms with Gasteiger partial charge in [-0.25, -0.2) is 0 Å². The van der Waals surface area contributed by atoms with E-state index in [-0.39, 0.29) is 17.8 Å². The van der Waals surface area contributed by atoms with Crippen molar-refractivity contribution < 1.29 is 24.1 Å². The highest BCUT2D eigenvalue weighted by Crippen LogP contribution is 2.38. The van der Waals surface area contributed by atoms with E-state index in [1.165, 1.54) is 0 Å². The standard InChI is InChI=1S/C23H28N2O5S/c1-16(26)24-9-11-25(12-10-24)17-3-6-19(7-4-17)28-14-20-15-29-23(2,30-20)21-8-5-18(27)13-22(21)31/h3-8,13,20,27,31H,9-12,14-15H2,1-2H3. The molecule has 2 unspecified atom stereocenters. The van der Waals surface area contributed by atoms with Crippen molar-refractivity contribution in [1.29, 1.82) is 0 Å². The molecule has 1 N–H and O–H groups in total. The Morgan fingerprint density at radius 3 is 2.55 bits per heavy atom. The first-order chi connectivity index (χ1) is 14.8. The third kappa shape index (κ3) is 4.92. The molecule has 2 aromatic rings. The van der Waals surface area contributed by atoms with Gasteiger partial charge in [0.05, 0.1) is 6.61 Å². The molecule has 4 rings (SSSR count). The molecule has 0 saturated carbocycles. The van der Waals surface area contributed by atoms with E-state index >= 15 is 0 Å². The van der Waals surface area contributed by atoms with Gasteiger partial charge in [-0.1, -0.05) is 0 Å². The number of aromatic hydroxyl groups is 1. The quantitative estimate of drug-likeness (QED) is 0.691. The molecule has 2 aliphatic rings. The SMILES string of the molecule is CC(=O)N1CCN(c2ccc(OCC3COC(C)(c4ccc(O)cc4S)O3)cc2)CC1. The second-order valence-electron chi connectivity index (χ2n) is 8.00. The summed E-state index contributed by atoms with van der Waals surface area (Å²) in [4.78, 5) is 16.2. The lowest BCUT2D eigenvalue weighted by Crippen LogP contribution is -2.48. The molecule has 0 aromatic heterocycles. The maximum Gasteiger partial charge on any atom is 0.219 e. The molecule has 0 spiro atoms. The van der Waals surface area contributed by atoms with Gasteiger partial charge in [-0.2, -0.15) is 0 Å². The first-order valence-corrected chi connectivity index (χ1v) is 10.9. The Hall–Kier alpha value is -2.42. The van der Waals surface area contributed by atoms with Crippen molar-refractivity contribution in [3.63, 3.8) is 0 Å². The van der Waals surface area contributed by atoms with Crippen LogP contribution in [0.3, 0.4) is 0 Å². The van der Waals surface area contributed by atoms with Crippen LogP contribution in [0, 0.1) is 0 Å². The van der Waals surface area contributed by atoms with Crippen molar-refractivity contribution in [3.05, 3.63) is 48.0 Å². The Morgan fingerprint density at radius 2 is 1.90 bits per heavy atom. The molecule has 0 aliphatic carbocycles. The van der Waals surface area contributed by atoms with E-state index in [9.17, 15) is 9.90 Å². The number of benzene rings is 2. The minimum absolute atomic E-state index is 0.133. The van der Waals surface area contributed by atoms with E-state index in [1.54, 1.807) is 25.1 Å². The number of carbonyl (C=O) groups excluding carboxylic acids is 1. The maximum absolute atomic E-state index is 11.5. The maximum atomic E-state index is 11.5. The second-order valence-corrected chi connectivity index (χ2v) is 8.48. The normalized spacial score (nSPS) is 23.8. The molecule has 2 fully saturated rings. The van der Waals surface area contributed by atoms with Crippen molar-refractivity contribution >= 4 is 24.2 Å². The molecule has 2 heterocycles. The Morgan fingerprint density at radius 1 is 1.19 bits per heavy atom. The Labute approximate surface area is 187 Å². The molecular weight excluding hydrogens is 416 g/mol. The highest BCUT2D eigenvalue weighted by Gasteiger charge is 2.40. The smallest absolute Gasteiger partial charge is 0.219 e. The molecule has 31 heavy (non-hydrogen) atoms. The molecule has 8 heteroatoms. The Bertz CT molecular complexity index is 930. The zero-order valence-electron chi connectivity index (χ0n) is 17.8. The van der Waals surface area contributed by atoms with Crippen molar-refractivity contribution in [2.45, 2.75) is 30.6 Å². The van der Waals surface area contributed by atoms with Gasteiger partial charge < -0.3 is 29.1 Å². The molecule has 0 radical (unpaired) electrons. The van der Waals surface area contributed by atoms with Gasteiger partial charge in [0.2, 0.25) is 5.91 Å². The van der Waals surface area contributed by atoms with Crippen LogP contribution in [0.4, 0.5) is 5.69 Å². The van der Waals surface area contributed by atoms with Crippen LogP contribution < -0.4 is 9.64 Å². The van der Waals surface area contributed by atoms with Crippen LogP contribution in [-0.2, 0) is 20.1 Å². The second kappa shape index (κ2) is 8.98. The number of hydrogen-bond acceptors (Lipinski definition) is 7. The molecular formula is C23H28N2O5S. The number of nitrogens with zero attached hydrogens (tertiary/aromatic N) is 2. The van der Waals surface area contributed by atoms with Gasteiger partial charge in [0.25, 0.3) is 0 Å².